The number of amides is 1. The molecule has 0 aliphatic carbocycles. The highest BCUT2D eigenvalue weighted by Crippen LogP contribution is 2.18. The van der Waals surface area contributed by atoms with E-state index in [4.69, 9.17) is 10.5 Å². The van der Waals surface area contributed by atoms with Crippen LogP contribution in [-0.4, -0.2) is 17.1 Å². The quantitative estimate of drug-likeness (QED) is 0.636. The summed E-state index contributed by atoms with van der Waals surface area (Å²) in [5.74, 6) is -0.462. The van der Waals surface area contributed by atoms with Gasteiger partial charge in [-0.1, -0.05) is 0 Å². The van der Waals surface area contributed by atoms with Crippen molar-refractivity contribution in [3.63, 3.8) is 0 Å². The molecule has 6 nitrogen and oxygen atoms in total. The Hall–Kier alpha value is -3.12. The van der Waals surface area contributed by atoms with Crippen molar-refractivity contribution >= 4 is 23.0 Å². The molecule has 0 fully saturated rings. The predicted octanol–water partition coefficient (Wildman–Crippen LogP) is 1.40. The van der Waals surface area contributed by atoms with Gasteiger partial charge in [-0.3, -0.25) is 4.79 Å². The molecule has 0 atom stereocenters. The lowest BCUT2D eigenvalue weighted by molar-refractivity contribution is -0.120. The fourth-order valence-electron chi connectivity index (χ4n) is 1.60. The summed E-state index contributed by atoms with van der Waals surface area (Å²) in [7, 11) is 0. The van der Waals surface area contributed by atoms with Crippen LogP contribution in [0.1, 0.15) is 17.5 Å². The van der Waals surface area contributed by atoms with Crippen molar-refractivity contribution in [2.45, 2.75) is 6.42 Å². The Labute approximate surface area is 109 Å². The second kappa shape index (κ2) is 5.48. The number of hydrazone groups is 1. The van der Waals surface area contributed by atoms with Crippen molar-refractivity contribution in [2.24, 2.45) is 5.10 Å². The molecule has 2 aromatic rings. The first kappa shape index (κ1) is 12.3. The van der Waals surface area contributed by atoms with E-state index in [2.05, 4.69) is 21.6 Å². The minimum atomic E-state index is -0.462. The monoisotopic (exact) mass is 251 g/mol. The highest BCUT2D eigenvalue weighted by molar-refractivity contribution is 5.99. The van der Waals surface area contributed by atoms with Crippen molar-refractivity contribution in [1.82, 2.24) is 10.4 Å². The number of aromatic amines is 1. The maximum absolute atomic E-state index is 11.0. The van der Waals surface area contributed by atoms with Gasteiger partial charge >= 0.3 is 0 Å². The Kier molecular flexibility index (Phi) is 3.56. The van der Waals surface area contributed by atoms with Gasteiger partial charge in [-0.15, -0.1) is 0 Å². The molecule has 0 radical (unpaired) electrons. The van der Waals surface area contributed by atoms with Gasteiger partial charge in [0.2, 0.25) is 0 Å². The number of hydrogen-bond acceptors (Lipinski definition) is 4. The minimum absolute atomic E-state index is 0.232. The fraction of sp³-hybridized carbons (Fsp3) is 0.0769. The Morgan fingerprint density at radius 3 is 3.05 bits per heavy atom. The van der Waals surface area contributed by atoms with Gasteiger partial charge in [-0.2, -0.15) is 15.6 Å². The van der Waals surface area contributed by atoms with Gasteiger partial charge in [0.15, 0.2) is 0 Å². The summed E-state index contributed by atoms with van der Waals surface area (Å²) in [6.45, 7) is 0. The van der Waals surface area contributed by atoms with Crippen molar-refractivity contribution in [3.05, 3.63) is 35.5 Å². The van der Waals surface area contributed by atoms with E-state index in [1.54, 1.807) is 30.5 Å². The minimum Gasteiger partial charge on any atom is -0.361 e. The molecule has 2 N–H and O–H groups in total. The molecule has 1 amide bonds. The fourth-order valence-corrected chi connectivity index (χ4v) is 1.60. The average Bonchev–Trinajstić information content (AvgIpc) is 2.81. The second-order valence-electron chi connectivity index (χ2n) is 3.74. The zero-order chi connectivity index (χ0) is 13.7. The van der Waals surface area contributed by atoms with Crippen LogP contribution in [0.2, 0.25) is 0 Å². The molecule has 19 heavy (non-hydrogen) atoms. The third-order valence-corrected chi connectivity index (χ3v) is 2.48. The number of H-pyrrole nitrogens is 1. The first-order chi connectivity index (χ1) is 9.24. The number of benzene rings is 1. The summed E-state index contributed by atoms with van der Waals surface area (Å²) in [4.78, 5) is 14.1. The van der Waals surface area contributed by atoms with Crippen LogP contribution in [0.5, 0.6) is 0 Å². The van der Waals surface area contributed by atoms with Crippen LogP contribution >= 0.6 is 0 Å². The summed E-state index contributed by atoms with van der Waals surface area (Å²) >= 11 is 0. The highest BCUT2D eigenvalue weighted by Gasteiger charge is 2.03. The summed E-state index contributed by atoms with van der Waals surface area (Å²) in [5, 5.41) is 21.8. The van der Waals surface area contributed by atoms with Crippen LogP contribution in [0, 0.1) is 22.7 Å². The van der Waals surface area contributed by atoms with Crippen LogP contribution in [0.15, 0.2) is 29.5 Å². The lowest BCUT2D eigenvalue weighted by Crippen LogP contribution is -2.16. The molecule has 0 aliphatic rings. The van der Waals surface area contributed by atoms with Gasteiger partial charge in [-0.05, 0) is 18.2 Å². The maximum atomic E-state index is 11.0. The van der Waals surface area contributed by atoms with Crippen LogP contribution < -0.4 is 5.43 Å². The van der Waals surface area contributed by atoms with Crippen LogP contribution in [-0.2, 0) is 4.79 Å². The topological polar surface area (TPSA) is 105 Å². The smallest absolute Gasteiger partial charge is 0.254 e. The molecule has 1 aromatic carbocycles. The van der Waals surface area contributed by atoms with E-state index in [0.717, 1.165) is 16.5 Å². The molecule has 0 unspecified atom stereocenters. The first-order valence-electron chi connectivity index (χ1n) is 5.44. The van der Waals surface area contributed by atoms with Gasteiger partial charge < -0.3 is 4.98 Å². The van der Waals surface area contributed by atoms with Crippen molar-refractivity contribution in [2.75, 3.05) is 0 Å². The molecule has 0 bridgehead atoms. The Morgan fingerprint density at radius 2 is 2.32 bits per heavy atom. The Bertz CT molecular complexity index is 730. The normalized spacial score (nSPS) is 10.2. The Balaban J connectivity index is 2.22. The van der Waals surface area contributed by atoms with Gasteiger partial charge in [0.25, 0.3) is 5.91 Å². The molecule has 92 valence electrons. The van der Waals surface area contributed by atoms with Crippen LogP contribution in [0.25, 0.3) is 10.9 Å². The van der Waals surface area contributed by atoms with E-state index in [0.29, 0.717) is 5.56 Å². The van der Waals surface area contributed by atoms with Gasteiger partial charge in [0, 0.05) is 22.7 Å². The van der Waals surface area contributed by atoms with Gasteiger partial charge in [-0.25, -0.2) is 5.43 Å². The molecule has 0 spiro atoms. The van der Waals surface area contributed by atoms with E-state index in [-0.39, 0.29) is 6.42 Å². The number of rotatable bonds is 3. The van der Waals surface area contributed by atoms with Crippen molar-refractivity contribution in [1.29, 1.82) is 10.5 Å². The lowest BCUT2D eigenvalue weighted by Gasteiger charge is -1.94. The number of carbonyl (C=O) groups is 1. The molecular formula is C13H9N5O. The predicted molar refractivity (Wildman–Crippen MR) is 69.0 cm³/mol. The highest BCUT2D eigenvalue weighted by atomic mass is 16.2. The molecule has 1 aromatic heterocycles. The molecular weight excluding hydrogens is 242 g/mol. The molecule has 0 aliphatic heterocycles. The standard InChI is InChI=1S/C13H9N5O/c14-4-3-13(19)18-17-8-10-7-16-12-2-1-9(6-15)5-11(10)12/h1-2,5,7-8,16H,3H2,(H,18,19)/b17-8+. The second-order valence-corrected chi connectivity index (χ2v) is 3.74. The molecule has 2 rings (SSSR count). The summed E-state index contributed by atoms with van der Waals surface area (Å²) < 4.78 is 0. The Morgan fingerprint density at radius 1 is 1.47 bits per heavy atom. The largest absolute Gasteiger partial charge is 0.361 e. The van der Waals surface area contributed by atoms with Crippen LogP contribution in [0.4, 0.5) is 0 Å². The third kappa shape index (κ3) is 2.76. The van der Waals surface area contributed by atoms with Crippen molar-refractivity contribution in [3.8, 4) is 12.1 Å². The number of nitrogens with zero attached hydrogens (tertiary/aromatic N) is 3. The van der Waals surface area contributed by atoms with E-state index in [9.17, 15) is 4.79 Å². The zero-order valence-electron chi connectivity index (χ0n) is 9.84. The number of nitriles is 2. The third-order valence-electron chi connectivity index (χ3n) is 2.48. The van der Waals surface area contributed by atoms with Crippen LogP contribution in [0.3, 0.4) is 0 Å². The molecule has 6 heteroatoms. The number of aromatic nitrogens is 1. The van der Waals surface area contributed by atoms with Crippen molar-refractivity contribution < 1.29 is 4.79 Å². The number of hydrogen-bond donors (Lipinski definition) is 2. The van der Waals surface area contributed by atoms with E-state index >= 15 is 0 Å². The van der Waals surface area contributed by atoms with E-state index in [1.807, 2.05) is 0 Å². The van der Waals surface area contributed by atoms with Gasteiger partial charge in [0.05, 0.1) is 23.9 Å². The number of nitrogens with one attached hydrogen (secondary N) is 2. The maximum Gasteiger partial charge on any atom is 0.254 e. The SMILES string of the molecule is N#CCC(=O)N/N=C/c1c[nH]c2ccc(C#N)cc12. The van der Waals surface area contributed by atoms with Gasteiger partial charge in [0.1, 0.15) is 6.42 Å². The van der Waals surface area contributed by atoms with E-state index < -0.39 is 5.91 Å². The summed E-state index contributed by atoms with van der Waals surface area (Å²) in [6.07, 6.45) is 2.96. The molecule has 0 saturated heterocycles. The number of carbonyl (C=O) groups excluding carboxylic acids is 1. The summed E-state index contributed by atoms with van der Waals surface area (Å²) in [5.41, 5.74) is 4.43. The number of fused-ring (bicyclic) bond motifs is 1. The average molecular weight is 251 g/mol. The summed E-state index contributed by atoms with van der Waals surface area (Å²) in [6, 6.07) is 9.05. The lowest BCUT2D eigenvalue weighted by atomic mass is 10.1. The molecule has 0 saturated carbocycles. The van der Waals surface area contributed by atoms with E-state index in [1.165, 1.54) is 6.21 Å². The first-order valence-corrected chi connectivity index (χ1v) is 5.44. The zero-order valence-corrected chi connectivity index (χ0v) is 9.84. The molecule has 1 heterocycles.